The fourth-order valence-corrected chi connectivity index (χ4v) is 3.96. The standard InChI is InChI=1S/C16H13BrCl4/c17-12-4-1-3-11(7-12)16(9-18,10-19)8-13-14(20)5-2-6-15(13)21/h1-7H,8-10H2. The highest BCUT2D eigenvalue weighted by Crippen LogP contribution is 2.37. The Labute approximate surface area is 153 Å². The quantitative estimate of drug-likeness (QED) is 0.466. The van der Waals surface area contributed by atoms with Crippen LogP contribution in [0.1, 0.15) is 11.1 Å². The fourth-order valence-electron chi connectivity index (χ4n) is 2.24. The Morgan fingerprint density at radius 1 is 0.905 bits per heavy atom. The van der Waals surface area contributed by atoms with E-state index in [-0.39, 0.29) is 0 Å². The Hall–Kier alpha value is 0.0800. The van der Waals surface area contributed by atoms with Crippen LogP contribution in [0.4, 0.5) is 0 Å². The van der Waals surface area contributed by atoms with Crippen LogP contribution in [0.15, 0.2) is 46.9 Å². The molecular formula is C16H13BrCl4. The summed E-state index contributed by atoms with van der Waals surface area (Å²) < 4.78 is 0.991. The van der Waals surface area contributed by atoms with Crippen LogP contribution in [-0.2, 0) is 11.8 Å². The molecule has 0 spiro atoms. The monoisotopic (exact) mass is 424 g/mol. The van der Waals surface area contributed by atoms with E-state index >= 15 is 0 Å². The maximum atomic E-state index is 6.29. The molecule has 0 radical (unpaired) electrons. The third-order valence-electron chi connectivity index (χ3n) is 3.53. The summed E-state index contributed by atoms with van der Waals surface area (Å²) in [4.78, 5) is 0. The average molecular weight is 427 g/mol. The van der Waals surface area contributed by atoms with Crippen molar-refractivity contribution in [3.63, 3.8) is 0 Å². The summed E-state index contributed by atoms with van der Waals surface area (Å²) in [7, 11) is 0. The first-order valence-electron chi connectivity index (χ1n) is 6.33. The van der Waals surface area contributed by atoms with Gasteiger partial charge < -0.3 is 0 Å². The molecule has 112 valence electrons. The van der Waals surface area contributed by atoms with Gasteiger partial charge in [-0.1, -0.05) is 57.3 Å². The second-order valence-corrected chi connectivity index (χ2v) is 7.20. The molecule has 5 heteroatoms. The second kappa shape index (κ2) is 7.57. The predicted molar refractivity (Wildman–Crippen MR) is 97.4 cm³/mol. The first-order valence-corrected chi connectivity index (χ1v) is 8.95. The number of hydrogen-bond donors (Lipinski definition) is 0. The van der Waals surface area contributed by atoms with Gasteiger partial charge in [0.15, 0.2) is 0 Å². The van der Waals surface area contributed by atoms with Crippen molar-refractivity contribution in [3.05, 3.63) is 68.1 Å². The van der Waals surface area contributed by atoms with E-state index in [1.165, 1.54) is 0 Å². The lowest BCUT2D eigenvalue weighted by Crippen LogP contribution is -2.33. The molecule has 0 amide bonds. The summed E-state index contributed by atoms with van der Waals surface area (Å²) in [6, 6.07) is 13.5. The molecule has 0 atom stereocenters. The van der Waals surface area contributed by atoms with Crippen LogP contribution >= 0.6 is 62.3 Å². The molecule has 0 heterocycles. The van der Waals surface area contributed by atoms with Gasteiger partial charge in [0.25, 0.3) is 0 Å². The van der Waals surface area contributed by atoms with Crippen molar-refractivity contribution in [2.75, 3.05) is 11.8 Å². The molecule has 0 aromatic heterocycles. The Balaban J connectivity index is 2.48. The van der Waals surface area contributed by atoms with E-state index in [0.717, 1.165) is 15.6 Å². The minimum Gasteiger partial charge on any atom is -0.126 e. The van der Waals surface area contributed by atoms with Crippen molar-refractivity contribution in [1.29, 1.82) is 0 Å². The second-order valence-electron chi connectivity index (χ2n) is 4.93. The molecule has 0 saturated carbocycles. The number of rotatable bonds is 5. The first kappa shape index (κ1) is 17.4. The minimum absolute atomic E-state index is 0.383. The molecule has 2 rings (SSSR count). The Morgan fingerprint density at radius 2 is 1.48 bits per heavy atom. The normalized spacial score (nSPS) is 11.7. The van der Waals surface area contributed by atoms with Crippen LogP contribution < -0.4 is 0 Å². The Morgan fingerprint density at radius 3 is 2.00 bits per heavy atom. The zero-order valence-corrected chi connectivity index (χ0v) is 15.7. The van der Waals surface area contributed by atoms with Crippen LogP contribution in [0.3, 0.4) is 0 Å². The van der Waals surface area contributed by atoms with Gasteiger partial charge in [0.05, 0.1) is 0 Å². The van der Waals surface area contributed by atoms with Crippen molar-refractivity contribution >= 4 is 62.3 Å². The van der Waals surface area contributed by atoms with E-state index in [1.54, 1.807) is 0 Å². The number of benzene rings is 2. The molecule has 0 fully saturated rings. The van der Waals surface area contributed by atoms with Crippen LogP contribution in [0.25, 0.3) is 0 Å². The van der Waals surface area contributed by atoms with Crippen molar-refractivity contribution in [1.82, 2.24) is 0 Å². The zero-order valence-electron chi connectivity index (χ0n) is 11.1. The topological polar surface area (TPSA) is 0 Å². The summed E-state index contributed by atoms with van der Waals surface area (Å²) in [5.41, 5.74) is 1.53. The lowest BCUT2D eigenvalue weighted by Gasteiger charge is -2.31. The van der Waals surface area contributed by atoms with Gasteiger partial charge in [0.2, 0.25) is 0 Å². The first-order chi connectivity index (χ1) is 10.0. The maximum absolute atomic E-state index is 6.29. The van der Waals surface area contributed by atoms with Gasteiger partial charge in [0.1, 0.15) is 0 Å². The Bertz CT molecular complexity index is 603. The SMILES string of the molecule is ClCC(CCl)(Cc1c(Cl)cccc1Cl)c1cccc(Br)c1. The molecule has 0 unspecified atom stereocenters. The molecule has 0 N–H and O–H groups in total. The molecule has 0 bridgehead atoms. The van der Waals surface area contributed by atoms with Crippen LogP contribution in [0.5, 0.6) is 0 Å². The molecule has 2 aromatic rings. The minimum atomic E-state index is -0.415. The van der Waals surface area contributed by atoms with Gasteiger partial charge in [-0.3, -0.25) is 0 Å². The summed E-state index contributed by atoms with van der Waals surface area (Å²) >= 11 is 28.6. The lowest BCUT2D eigenvalue weighted by molar-refractivity contribution is 0.536. The maximum Gasteiger partial charge on any atom is 0.0453 e. The van der Waals surface area contributed by atoms with Gasteiger partial charge in [-0.15, -0.1) is 23.2 Å². The van der Waals surface area contributed by atoms with Gasteiger partial charge in [-0.25, -0.2) is 0 Å². The van der Waals surface area contributed by atoms with Gasteiger partial charge in [-0.2, -0.15) is 0 Å². The largest absolute Gasteiger partial charge is 0.126 e. The van der Waals surface area contributed by atoms with Crippen molar-refractivity contribution in [2.45, 2.75) is 11.8 Å². The summed E-state index contributed by atoms with van der Waals surface area (Å²) in [5.74, 6) is 0.767. The molecular weight excluding hydrogens is 414 g/mol. The van der Waals surface area contributed by atoms with Gasteiger partial charge >= 0.3 is 0 Å². The highest BCUT2D eigenvalue weighted by atomic mass is 79.9. The number of halogens is 5. The zero-order chi connectivity index (χ0) is 15.5. The van der Waals surface area contributed by atoms with Crippen LogP contribution in [0, 0.1) is 0 Å². The van der Waals surface area contributed by atoms with Gasteiger partial charge in [-0.05, 0) is 41.8 Å². The Kier molecular flexibility index (Phi) is 6.28. The van der Waals surface area contributed by atoms with E-state index in [0.29, 0.717) is 28.2 Å². The number of alkyl halides is 2. The molecule has 0 aliphatic heterocycles. The molecule has 0 aliphatic rings. The van der Waals surface area contributed by atoms with E-state index in [4.69, 9.17) is 46.4 Å². The van der Waals surface area contributed by atoms with Crippen LogP contribution in [-0.4, -0.2) is 11.8 Å². The van der Waals surface area contributed by atoms with Crippen molar-refractivity contribution < 1.29 is 0 Å². The smallest absolute Gasteiger partial charge is 0.0453 e. The lowest BCUT2D eigenvalue weighted by atomic mass is 9.78. The predicted octanol–water partition coefficient (Wildman–Crippen LogP) is 6.71. The molecule has 0 aliphatic carbocycles. The third-order valence-corrected chi connectivity index (χ3v) is 5.75. The summed E-state index contributed by atoms with van der Waals surface area (Å²) in [6.07, 6.45) is 0.592. The third kappa shape index (κ3) is 3.89. The van der Waals surface area contributed by atoms with E-state index in [2.05, 4.69) is 15.9 Å². The van der Waals surface area contributed by atoms with E-state index < -0.39 is 5.41 Å². The highest BCUT2D eigenvalue weighted by molar-refractivity contribution is 9.10. The van der Waals surface area contributed by atoms with E-state index in [9.17, 15) is 0 Å². The van der Waals surface area contributed by atoms with Gasteiger partial charge in [0, 0.05) is 31.7 Å². The summed E-state index contributed by atoms with van der Waals surface area (Å²) in [6.45, 7) is 0. The fraction of sp³-hybridized carbons (Fsp3) is 0.250. The van der Waals surface area contributed by atoms with Crippen molar-refractivity contribution in [2.24, 2.45) is 0 Å². The van der Waals surface area contributed by atoms with Crippen molar-refractivity contribution in [3.8, 4) is 0 Å². The molecule has 21 heavy (non-hydrogen) atoms. The van der Waals surface area contributed by atoms with E-state index in [1.807, 2.05) is 42.5 Å². The number of hydrogen-bond acceptors (Lipinski definition) is 0. The van der Waals surface area contributed by atoms with Crippen LogP contribution in [0.2, 0.25) is 10.0 Å². The molecule has 0 saturated heterocycles. The summed E-state index contributed by atoms with van der Waals surface area (Å²) in [5, 5.41) is 1.27. The highest BCUT2D eigenvalue weighted by Gasteiger charge is 2.32. The average Bonchev–Trinajstić information content (AvgIpc) is 2.48. The molecule has 2 aromatic carbocycles. The molecule has 0 nitrogen and oxygen atoms in total.